The summed E-state index contributed by atoms with van der Waals surface area (Å²) in [5.74, 6) is -0.554. The Hall–Kier alpha value is -6.03. The second-order valence-corrected chi connectivity index (χ2v) is 22.1. The van der Waals surface area contributed by atoms with E-state index in [4.69, 9.17) is 34.4 Å². The average molecular weight is 990 g/mol. The number of primary amides is 1. The third-order valence-corrected chi connectivity index (χ3v) is 17.9. The van der Waals surface area contributed by atoms with E-state index in [1.165, 1.54) is 17.2 Å². The van der Waals surface area contributed by atoms with Gasteiger partial charge in [-0.05, 0) is 79.8 Å². The van der Waals surface area contributed by atoms with Crippen LogP contribution in [0.3, 0.4) is 0 Å². The van der Waals surface area contributed by atoms with Crippen LogP contribution >= 0.6 is 0 Å². The number of nitrogens with one attached hydrogen (secondary N) is 2. The number of hydrogen-bond acceptors (Lipinski definition) is 16. The first kappa shape index (κ1) is 46.1. The monoisotopic (exact) mass is 989 g/mol. The second-order valence-electron chi connectivity index (χ2n) is 20.2. The number of nitrogens with zero attached hydrogens (tertiary/aromatic N) is 6. The van der Waals surface area contributed by atoms with E-state index >= 15 is 8.42 Å². The number of benzene rings is 3. The number of anilines is 4. The van der Waals surface area contributed by atoms with Gasteiger partial charge in [-0.25, -0.2) is 8.42 Å². The van der Waals surface area contributed by atoms with Crippen LogP contribution < -0.4 is 30.3 Å². The van der Waals surface area contributed by atoms with Crippen molar-refractivity contribution >= 4 is 55.2 Å². The predicted octanol–water partition coefficient (Wildman–Crippen LogP) is 5.73. The summed E-state index contributed by atoms with van der Waals surface area (Å²) in [6, 6.07) is 17.8. The molecule has 3 aromatic carbocycles. The maximum atomic E-state index is 16.1. The molecule has 7 aliphatic rings. The molecule has 5 aromatic rings. The number of nitro groups is 1. The van der Waals surface area contributed by atoms with Gasteiger partial charge in [-0.3, -0.25) is 24.7 Å². The highest BCUT2D eigenvalue weighted by atomic mass is 32.2. The molecule has 8 heterocycles. The van der Waals surface area contributed by atoms with Gasteiger partial charge in [-0.1, -0.05) is 24.3 Å². The number of H-pyrrole nitrogens is 1. The summed E-state index contributed by atoms with van der Waals surface area (Å²) in [6.45, 7) is 9.34. The van der Waals surface area contributed by atoms with Crippen molar-refractivity contribution in [1.82, 2.24) is 19.8 Å². The Morgan fingerprint density at radius 1 is 0.930 bits per heavy atom. The number of carbonyl (C=O) groups excluding carboxylic acids is 1. The summed E-state index contributed by atoms with van der Waals surface area (Å²) in [5, 5.41) is 17.1. The molecule has 0 radical (unpaired) electrons. The summed E-state index contributed by atoms with van der Waals surface area (Å²) in [7, 11) is -4.78. The number of rotatable bonds is 10. The van der Waals surface area contributed by atoms with Crippen LogP contribution in [-0.4, -0.2) is 149 Å². The Morgan fingerprint density at radius 3 is 2.51 bits per heavy atom. The molecule has 4 N–H and O–H groups in total. The van der Waals surface area contributed by atoms with Gasteiger partial charge >= 0.3 is 0 Å². The smallest absolute Gasteiger partial charge is 0.297 e. The van der Waals surface area contributed by atoms with E-state index in [0.29, 0.717) is 82.2 Å². The van der Waals surface area contributed by atoms with Crippen molar-refractivity contribution < 1.29 is 41.8 Å². The Bertz CT molecular complexity index is 3000. The van der Waals surface area contributed by atoms with E-state index in [1.807, 2.05) is 17.0 Å². The molecule has 0 bridgehead atoms. The summed E-state index contributed by atoms with van der Waals surface area (Å²) < 4.78 is 62.5. The fraction of sp³-hybridized carbons (Fsp3) is 0.490. The van der Waals surface area contributed by atoms with Crippen LogP contribution in [0.25, 0.3) is 11.0 Å². The lowest BCUT2D eigenvalue weighted by Gasteiger charge is -2.57. The number of ether oxygens (including phenoxy) is 5. The van der Waals surface area contributed by atoms with Crippen molar-refractivity contribution in [2.24, 2.45) is 11.1 Å². The van der Waals surface area contributed by atoms with Gasteiger partial charge in [0, 0.05) is 75.6 Å². The first-order valence-corrected chi connectivity index (χ1v) is 26.3. The minimum atomic E-state index is -4.78. The molecular weight excluding hydrogens is 931 g/mol. The molecule has 374 valence electrons. The van der Waals surface area contributed by atoms with Crippen molar-refractivity contribution in [1.29, 1.82) is 0 Å². The van der Waals surface area contributed by atoms with Crippen molar-refractivity contribution in [3.8, 4) is 11.6 Å². The molecular formula is C51H59N9O10S. The Kier molecular flexibility index (Phi) is 11.8. The zero-order valence-electron chi connectivity index (χ0n) is 39.7. The van der Waals surface area contributed by atoms with Gasteiger partial charge in [-0.2, -0.15) is 4.98 Å². The van der Waals surface area contributed by atoms with Crippen LogP contribution in [0.2, 0.25) is 0 Å². The highest BCUT2D eigenvalue weighted by Crippen LogP contribution is 2.55. The summed E-state index contributed by atoms with van der Waals surface area (Å²) in [5.41, 5.74) is 10.0. The number of aromatic amines is 1. The number of carbonyl (C=O) groups is 1. The summed E-state index contributed by atoms with van der Waals surface area (Å²) in [6.07, 6.45) is 5.28. The van der Waals surface area contributed by atoms with E-state index in [1.54, 1.807) is 18.3 Å². The number of aryl methyl sites for hydroxylation is 1. The molecule has 20 heteroatoms. The molecule has 2 aromatic heterocycles. The molecule has 4 atom stereocenters. The highest BCUT2D eigenvalue weighted by molar-refractivity contribution is 7.91. The molecule has 6 aliphatic heterocycles. The fourth-order valence-electron chi connectivity index (χ4n) is 12.4. The SMILES string of the molecule is Cc1ccccc1[C@@H]1COCCN1C1CC2(CCN(c3ccc(C(N)=O)c(N4c5cc6cc[nH]c6nc5O[C@H]5COCC[C@@H]54)c3S(=O)(=O)c3cc4c(c([N+](=O)[O-])c3)N[C@@H](CN3CCOCC3)CO4)CC2)C1. The largest absolute Gasteiger partial charge is 0.489 e. The quantitative estimate of drug-likeness (QED) is 0.112. The van der Waals surface area contributed by atoms with Crippen molar-refractivity contribution in [2.45, 2.75) is 79.1 Å². The second kappa shape index (κ2) is 18.2. The zero-order chi connectivity index (χ0) is 48.6. The number of aromatic nitrogens is 2. The van der Waals surface area contributed by atoms with Crippen molar-refractivity contribution in [2.75, 3.05) is 101 Å². The molecule has 0 unspecified atom stereocenters. The van der Waals surface area contributed by atoms with E-state index < -0.39 is 38.5 Å². The average Bonchev–Trinajstić information content (AvgIpc) is 3.83. The number of morpholine rings is 2. The van der Waals surface area contributed by atoms with Gasteiger partial charge in [0.1, 0.15) is 28.9 Å². The maximum Gasteiger partial charge on any atom is 0.297 e. The van der Waals surface area contributed by atoms with Gasteiger partial charge < -0.3 is 49.5 Å². The molecule has 12 rings (SSSR count). The normalized spacial score (nSPS) is 24.7. The summed E-state index contributed by atoms with van der Waals surface area (Å²) in [4.78, 5) is 42.6. The minimum absolute atomic E-state index is 0.0278. The predicted molar refractivity (Wildman–Crippen MR) is 264 cm³/mol. The van der Waals surface area contributed by atoms with Crippen LogP contribution in [-0.2, 0) is 24.0 Å². The molecule has 19 nitrogen and oxygen atoms in total. The first-order valence-electron chi connectivity index (χ1n) is 24.8. The lowest BCUT2D eigenvalue weighted by molar-refractivity contribution is -0.384. The van der Waals surface area contributed by atoms with Crippen LogP contribution in [0.5, 0.6) is 11.6 Å². The molecule has 71 heavy (non-hydrogen) atoms. The van der Waals surface area contributed by atoms with E-state index in [9.17, 15) is 14.9 Å². The fourth-order valence-corrected chi connectivity index (χ4v) is 14.1. The van der Waals surface area contributed by atoms with Gasteiger partial charge in [0.05, 0.1) is 77.9 Å². The Morgan fingerprint density at radius 2 is 1.72 bits per heavy atom. The van der Waals surface area contributed by atoms with Crippen LogP contribution in [0, 0.1) is 22.5 Å². The highest BCUT2D eigenvalue weighted by Gasteiger charge is 2.51. The number of nitro benzene ring substituents is 1. The van der Waals surface area contributed by atoms with Gasteiger partial charge in [0.15, 0.2) is 11.4 Å². The van der Waals surface area contributed by atoms with Crippen molar-refractivity contribution in [3.05, 3.63) is 93.7 Å². The Labute approximate surface area is 411 Å². The van der Waals surface area contributed by atoms with Gasteiger partial charge in [0.25, 0.3) is 11.6 Å². The van der Waals surface area contributed by atoms with Gasteiger partial charge in [-0.15, -0.1) is 0 Å². The molecule has 4 saturated heterocycles. The number of fused-ring (bicyclic) bond motifs is 4. The molecule has 1 spiro atoms. The number of piperidine rings is 1. The van der Waals surface area contributed by atoms with Crippen molar-refractivity contribution in [3.63, 3.8) is 0 Å². The number of pyridine rings is 1. The topological polar surface area (TPSA) is 220 Å². The summed E-state index contributed by atoms with van der Waals surface area (Å²) >= 11 is 0. The van der Waals surface area contributed by atoms with Crippen LogP contribution in [0.4, 0.5) is 28.4 Å². The standard InChI is InChI=1S/C51H59N9O10S/c1-31-4-2-3-5-36(31)42-29-68-21-17-58(42)34-25-51(26-34)10-13-57(14-11-51)39-7-6-37(48(52)61)46(59-38-9-18-67-30-44(38)70-50-41(59)22-32-8-12-53-49(32)55-50)47(39)71(64,65)35-23-40(60(62)63)45-43(24-35)69-28-33(54-45)27-56-15-19-66-20-16-56/h2-8,12,22-24,33-34,38,42,44,54H,9-11,13-21,25-30H2,1H3,(H2,52,61)(H,53,55)/t33-,38-,42-,44-/m0/s1. The molecule has 1 amide bonds. The molecule has 1 aliphatic carbocycles. The van der Waals surface area contributed by atoms with Crippen LogP contribution in [0.15, 0.2) is 76.7 Å². The zero-order valence-corrected chi connectivity index (χ0v) is 40.5. The lowest BCUT2D eigenvalue weighted by Crippen LogP contribution is -2.58. The molecule has 1 saturated carbocycles. The van der Waals surface area contributed by atoms with Gasteiger partial charge in [0.2, 0.25) is 15.7 Å². The maximum absolute atomic E-state index is 16.1. The first-order chi connectivity index (χ1) is 34.4. The Balaban J connectivity index is 0.947. The number of nitrogens with two attached hydrogens (primary N) is 1. The number of amides is 1. The lowest BCUT2D eigenvalue weighted by atomic mass is 9.59. The third-order valence-electron chi connectivity index (χ3n) is 16.1. The third kappa shape index (κ3) is 8.21. The number of hydrogen-bond donors (Lipinski definition) is 3. The molecule has 5 fully saturated rings. The minimum Gasteiger partial charge on any atom is -0.489 e. The van der Waals surface area contributed by atoms with E-state index in [2.05, 4.69) is 56.2 Å². The number of sulfone groups is 1. The van der Waals surface area contributed by atoms with Crippen LogP contribution in [0.1, 0.15) is 59.6 Å². The van der Waals surface area contributed by atoms with E-state index in [0.717, 1.165) is 56.8 Å². The van der Waals surface area contributed by atoms with E-state index in [-0.39, 0.29) is 69.1 Å².